The van der Waals surface area contributed by atoms with E-state index < -0.39 is 0 Å². The van der Waals surface area contributed by atoms with Crippen LogP contribution in [0.4, 0.5) is 0 Å². The van der Waals surface area contributed by atoms with Crippen LogP contribution in [-0.4, -0.2) is 44.5 Å². The van der Waals surface area contributed by atoms with E-state index >= 15 is 0 Å². The average molecular weight is 373 g/mol. The van der Waals surface area contributed by atoms with Crippen LogP contribution in [0.5, 0.6) is 0 Å². The molecule has 1 N–H and O–H groups in total. The van der Waals surface area contributed by atoms with Crippen LogP contribution in [0.25, 0.3) is 0 Å². The number of carbonyl (C=O) groups is 2. The van der Waals surface area contributed by atoms with Gasteiger partial charge in [0, 0.05) is 25.0 Å². The molecule has 6 heteroatoms. The minimum absolute atomic E-state index is 0.0979. The molecule has 2 aromatic rings. The molecule has 0 fully saturated rings. The molecule has 0 atom stereocenters. The summed E-state index contributed by atoms with van der Waals surface area (Å²) in [5.74, 6) is -0.235. The zero-order valence-electron chi connectivity index (χ0n) is 14.8. The molecular formula is C20H23NO4S. The van der Waals surface area contributed by atoms with Gasteiger partial charge in [0.1, 0.15) is 0 Å². The summed E-state index contributed by atoms with van der Waals surface area (Å²) in [6, 6.07) is 17.0. The van der Waals surface area contributed by atoms with Crippen molar-refractivity contribution in [2.45, 2.75) is 11.3 Å². The number of hydrogen-bond acceptors (Lipinski definition) is 5. The number of methoxy groups -OCH3 is 1. The van der Waals surface area contributed by atoms with E-state index in [1.54, 1.807) is 19.2 Å². The van der Waals surface area contributed by atoms with Crippen LogP contribution in [-0.2, 0) is 20.7 Å². The van der Waals surface area contributed by atoms with E-state index in [2.05, 4.69) is 5.32 Å². The summed E-state index contributed by atoms with van der Waals surface area (Å²) in [4.78, 5) is 24.9. The first-order valence-corrected chi connectivity index (χ1v) is 9.38. The van der Waals surface area contributed by atoms with Gasteiger partial charge in [-0.2, -0.15) is 0 Å². The van der Waals surface area contributed by atoms with Crippen LogP contribution in [0.3, 0.4) is 0 Å². The Morgan fingerprint density at radius 2 is 1.73 bits per heavy atom. The highest BCUT2D eigenvalue weighted by Gasteiger charge is 2.14. The molecule has 138 valence electrons. The third-order valence-electron chi connectivity index (χ3n) is 3.56. The highest BCUT2D eigenvalue weighted by atomic mass is 32.2. The second-order valence-corrected chi connectivity index (χ2v) is 6.52. The highest BCUT2D eigenvalue weighted by molar-refractivity contribution is 8.00. The fraction of sp³-hybridized carbons (Fsp3) is 0.300. The molecule has 0 aromatic heterocycles. The molecular weight excluding hydrogens is 350 g/mol. The Hall–Kier alpha value is -2.31. The monoisotopic (exact) mass is 373 g/mol. The molecule has 26 heavy (non-hydrogen) atoms. The number of thioether (sulfide) groups is 1. The van der Waals surface area contributed by atoms with Crippen molar-refractivity contribution in [3.63, 3.8) is 0 Å². The second-order valence-electron chi connectivity index (χ2n) is 5.50. The van der Waals surface area contributed by atoms with Gasteiger partial charge in [0.15, 0.2) is 0 Å². The Morgan fingerprint density at radius 1 is 1.00 bits per heavy atom. The predicted molar refractivity (Wildman–Crippen MR) is 102 cm³/mol. The van der Waals surface area contributed by atoms with Gasteiger partial charge in [-0.05, 0) is 17.7 Å². The van der Waals surface area contributed by atoms with Crippen molar-refractivity contribution < 1.29 is 19.1 Å². The van der Waals surface area contributed by atoms with E-state index in [1.807, 2.05) is 42.5 Å². The van der Waals surface area contributed by atoms with Crippen molar-refractivity contribution >= 4 is 23.6 Å². The highest BCUT2D eigenvalue weighted by Crippen LogP contribution is 2.23. The van der Waals surface area contributed by atoms with E-state index in [-0.39, 0.29) is 17.6 Å². The summed E-state index contributed by atoms with van der Waals surface area (Å²) in [7, 11) is 1.58. The molecule has 0 heterocycles. The maximum absolute atomic E-state index is 12.4. The van der Waals surface area contributed by atoms with Gasteiger partial charge in [0.05, 0.1) is 24.5 Å². The van der Waals surface area contributed by atoms with Crippen LogP contribution in [0, 0.1) is 0 Å². The lowest BCUT2D eigenvalue weighted by atomic mass is 10.2. The lowest BCUT2D eigenvalue weighted by Crippen LogP contribution is -2.28. The molecule has 0 bridgehead atoms. The van der Waals surface area contributed by atoms with Crippen molar-refractivity contribution in [2.75, 3.05) is 32.6 Å². The Bertz CT molecular complexity index is 706. The molecule has 1 amide bonds. The smallest absolute Gasteiger partial charge is 0.339 e. The second kappa shape index (κ2) is 11.3. The molecule has 0 aliphatic carbocycles. The van der Waals surface area contributed by atoms with Gasteiger partial charge in [-0.25, -0.2) is 4.79 Å². The van der Waals surface area contributed by atoms with Gasteiger partial charge in [0.25, 0.3) is 0 Å². The first-order chi connectivity index (χ1) is 12.7. The Balaban J connectivity index is 1.84. The van der Waals surface area contributed by atoms with Crippen molar-refractivity contribution in [3.05, 3.63) is 65.7 Å². The van der Waals surface area contributed by atoms with Gasteiger partial charge in [-0.1, -0.05) is 42.5 Å². The normalized spacial score (nSPS) is 10.3. The predicted octanol–water partition coefficient (Wildman–Crippen LogP) is 2.94. The van der Waals surface area contributed by atoms with Crippen molar-refractivity contribution in [1.29, 1.82) is 0 Å². The third kappa shape index (κ3) is 6.90. The number of carbonyl (C=O) groups excluding carboxylic acids is 2. The number of esters is 1. The summed E-state index contributed by atoms with van der Waals surface area (Å²) in [6.45, 7) is 1.26. The van der Waals surface area contributed by atoms with Crippen LogP contribution >= 0.6 is 11.8 Å². The molecule has 0 spiro atoms. The molecule has 0 aliphatic heterocycles. The zero-order chi connectivity index (χ0) is 18.6. The number of ether oxygens (including phenoxy) is 2. The maximum atomic E-state index is 12.4. The summed E-state index contributed by atoms with van der Waals surface area (Å²) in [6.07, 6.45) is 0.670. The number of nitrogens with one attached hydrogen (secondary N) is 1. The minimum Gasteiger partial charge on any atom is -0.462 e. The summed E-state index contributed by atoms with van der Waals surface area (Å²) in [5.41, 5.74) is 1.60. The van der Waals surface area contributed by atoms with E-state index in [4.69, 9.17) is 9.47 Å². The first-order valence-electron chi connectivity index (χ1n) is 8.39. The van der Waals surface area contributed by atoms with Crippen LogP contribution in [0.2, 0.25) is 0 Å². The maximum Gasteiger partial charge on any atom is 0.339 e. The van der Waals surface area contributed by atoms with Crippen molar-refractivity contribution in [1.82, 2.24) is 5.32 Å². The molecule has 0 radical (unpaired) electrons. The van der Waals surface area contributed by atoms with Gasteiger partial charge in [-0.15, -0.1) is 11.8 Å². The van der Waals surface area contributed by atoms with Crippen LogP contribution in [0.1, 0.15) is 15.9 Å². The topological polar surface area (TPSA) is 64.6 Å². The van der Waals surface area contributed by atoms with Crippen molar-refractivity contribution in [3.8, 4) is 0 Å². The van der Waals surface area contributed by atoms with E-state index in [9.17, 15) is 9.59 Å². The lowest BCUT2D eigenvalue weighted by molar-refractivity contribution is -0.118. The van der Waals surface area contributed by atoms with E-state index in [0.29, 0.717) is 31.7 Å². The number of hydrogen-bond donors (Lipinski definition) is 1. The quantitative estimate of drug-likeness (QED) is 0.394. The first kappa shape index (κ1) is 20.0. The summed E-state index contributed by atoms with van der Waals surface area (Å²) in [5, 5.41) is 2.75. The number of benzene rings is 2. The van der Waals surface area contributed by atoms with Crippen LogP contribution < -0.4 is 5.32 Å². The summed E-state index contributed by atoms with van der Waals surface area (Å²) >= 11 is 1.32. The number of amides is 1. The SMILES string of the molecule is COCCNC(=O)CSc1ccccc1C(=O)OCCc1ccccc1. The van der Waals surface area contributed by atoms with Gasteiger partial charge in [-0.3, -0.25) is 4.79 Å². The zero-order valence-corrected chi connectivity index (χ0v) is 15.6. The fourth-order valence-corrected chi connectivity index (χ4v) is 3.10. The van der Waals surface area contributed by atoms with Crippen molar-refractivity contribution in [2.24, 2.45) is 0 Å². The van der Waals surface area contributed by atoms with E-state index in [1.165, 1.54) is 11.8 Å². The van der Waals surface area contributed by atoms with Gasteiger partial charge >= 0.3 is 5.97 Å². The van der Waals surface area contributed by atoms with E-state index in [0.717, 1.165) is 10.5 Å². The largest absolute Gasteiger partial charge is 0.462 e. The molecule has 5 nitrogen and oxygen atoms in total. The minimum atomic E-state index is -0.371. The molecule has 2 aromatic carbocycles. The molecule has 0 saturated heterocycles. The third-order valence-corrected chi connectivity index (χ3v) is 4.63. The molecule has 2 rings (SSSR count). The molecule has 0 aliphatic rings. The van der Waals surface area contributed by atoms with Gasteiger partial charge in [0.2, 0.25) is 5.91 Å². The Labute approximate surface area is 158 Å². The molecule has 0 unspecified atom stereocenters. The molecule has 0 saturated carbocycles. The summed E-state index contributed by atoms with van der Waals surface area (Å²) < 4.78 is 10.3. The fourth-order valence-electron chi connectivity index (χ4n) is 2.23. The van der Waals surface area contributed by atoms with Crippen LogP contribution in [0.15, 0.2) is 59.5 Å². The Morgan fingerprint density at radius 3 is 2.50 bits per heavy atom. The standard InChI is InChI=1S/C20H23NO4S/c1-24-14-12-21-19(22)15-26-18-10-6-5-9-17(18)20(23)25-13-11-16-7-3-2-4-8-16/h2-10H,11-15H2,1H3,(H,21,22). The average Bonchev–Trinajstić information content (AvgIpc) is 2.67. The number of rotatable bonds is 10. The van der Waals surface area contributed by atoms with Gasteiger partial charge < -0.3 is 14.8 Å². The lowest BCUT2D eigenvalue weighted by Gasteiger charge is -2.10. The Kier molecular flexibility index (Phi) is 8.72.